The Hall–Kier alpha value is -3.32. The first-order chi connectivity index (χ1) is 13.0. The van der Waals surface area contributed by atoms with Crippen molar-refractivity contribution in [3.63, 3.8) is 0 Å². The molecule has 4 rings (SSSR count). The Balaban J connectivity index is 1.99. The van der Waals surface area contributed by atoms with Crippen LogP contribution in [-0.4, -0.2) is 18.9 Å². The van der Waals surface area contributed by atoms with E-state index in [4.69, 9.17) is 10.1 Å². The van der Waals surface area contributed by atoms with Crippen molar-refractivity contribution in [1.82, 2.24) is 10.6 Å². The molecule has 0 saturated carbocycles. The third-order valence-corrected chi connectivity index (χ3v) is 6.03. The van der Waals surface area contributed by atoms with Crippen LogP contribution in [0.25, 0.3) is 0 Å². The van der Waals surface area contributed by atoms with Gasteiger partial charge >= 0.3 is 0 Å². The molecule has 0 radical (unpaired) electrons. The molecule has 3 N–H and O–H groups in total. The molecule has 3 aliphatic rings. The van der Waals surface area contributed by atoms with Crippen LogP contribution in [-0.2, 0) is 4.79 Å². The van der Waals surface area contributed by atoms with E-state index in [-0.39, 0.29) is 5.84 Å². The Morgan fingerprint density at radius 1 is 1.19 bits per heavy atom. The van der Waals surface area contributed by atoms with Gasteiger partial charge in [-0.3, -0.25) is 10.2 Å². The summed E-state index contributed by atoms with van der Waals surface area (Å²) in [5, 5.41) is 34.8. The van der Waals surface area contributed by atoms with E-state index in [2.05, 4.69) is 22.8 Å². The number of nitrogens with one attached hydrogen (secondary N) is 3. The second-order valence-electron chi connectivity index (χ2n) is 7.13. The Morgan fingerprint density at radius 3 is 2.52 bits per heavy atom. The summed E-state index contributed by atoms with van der Waals surface area (Å²) in [5.74, 6) is -0.117. The first kappa shape index (κ1) is 17.1. The highest BCUT2D eigenvalue weighted by Gasteiger charge is 2.73. The Bertz CT molecular complexity index is 952. The van der Waals surface area contributed by atoms with Crippen LogP contribution in [0.4, 0.5) is 0 Å². The van der Waals surface area contributed by atoms with Crippen molar-refractivity contribution in [2.75, 3.05) is 7.11 Å². The number of hydrogen-bond donors (Lipinski definition) is 3. The summed E-state index contributed by atoms with van der Waals surface area (Å²) in [6.45, 7) is 0. The van der Waals surface area contributed by atoms with Crippen LogP contribution in [0.1, 0.15) is 37.3 Å². The van der Waals surface area contributed by atoms with Crippen molar-refractivity contribution in [2.24, 2.45) is 10.8 Å². The predicted molar refractivity (Wildman–Crippen MR) is 96.3 cm³/mol. The van der Waals surface area contributed by atoms with Crippen LogP contribution >= 0.6 is 0 Å². The summed E-state index contributed by atoms with van der Waals surface area (Å²) in [4.78, 5) is 13.0. The molecule has 1 saturated heterocycles. The number of carbonyl (C=O) groups excluding carboxylic acids is 1. The number of amides is 1. The Morgan fingerprint density at radius 2 is 1.89 bits per heavy atom. The van der Waals surface area contributed by atoms with E-state index in [0.29, 0.717) is 17.7 Å². The summed E-state index contributed by atoms with van der Waals surface area (Å²) in [6.07, 6.45) is 3.13. The molecule has 1 aliphatic carbocycles. The van der Waals surface area contributed by atoms with Crippen molar-refractivity contribution in [1.29, 1.82) is 15.9 Å². The lowest BCUT2D eigenvalue weighted by atomic mass is 9.54. The van der Waals surface area contributed by atoms with Crippen molar-refractivity contribution in [3.05, 3.63) is 41.1 Å². The molecule has 7 nitrogen and oxygen atoms in total. The number of amidine groups is 1. The van der Waals surface area contributed by atoms with Crippen molar-refractivity contribution in [2.45, 2.75) is 31.7 Å². The van der Waals surface area contributed by atoms with E-state index in [1.54, 1.807) is 19.2 Å². The Labute approximate surface area is 157 Å². The van der Waals surface area contributed by atoms with Gasteiger partial charge in [0, 0.05) is 5.70 Å². The van der Waals surface area contributed by atoms with Gasteiger partial charge in [0.25, 0.3) is 5.91 Å². The maximum atomic E-state index is 13.0. The summed E-state index contributed by atoms with van der Waals surface area (Å²) < 4.78 is 5.20. The quantitative estimate of drug-likeness (QED) is 0.746. The second kappa shape index (κ2) is 5.85. The number of allylic oxidation sites excluding steroid dienone is 1. The normalized spacial score (nSPS) is 31.7. The number of hydrogen-bond acceptors (Lipinski definition) is 6. The SMILES string of the molecule is COc1ccc(C2NC3=C(CCCC3)C3(C#N)C(=O)NC(=N)C23C#N)cc1. The lowest BCUT2D eigenvalue weighted by Gasteiger charge is -2.47. The lowest BCUT2D eigenvalue weighted by Crippen LogP contribution is -2.56. The molecule has 136 valence electrons. The molecule has 1 amide bonds. The van der Waals surface area contributed by atoms with Gasteiger partial charge in [-0.25, -0.2) is 0 Å². The molecule has 2 aliphatic heterocycles. The van der Waals surface area contributed by atoms with E-state index in [1.165, 1.54) is 0 Å². The maximum absolute atomic E-state index is 13.0. The highest BCUT2D eigenvalue weighted by molar-refractivity contribution is 6.16. The molecular weight excluding hydrogens is 342 g/mol. The highest BCUT2D eigenvalue weighted by Crippen LogP contribution is 2.61. The van der Waals surface area contributed by atoms with Gasteiger partial charge < -0.3 is 15.4 Å². The van der Waals surface area contributed by atoms with Crippen molar-refractivity contribution in [3.8, 4) is 17.9 Å². The molecule has 0 aromatic heterocycles. The number of rotatable bonds is 2. The molecule has 1 aromatic rings. The van der Waals surface area contributed by atoms with Gasteiger partial charge in [-0.1, -0.05) is 12.1 Å². The average Bonchev–Trinajstić information content (AvgIpc) is 2.95. The number of fused-ring (bicyclic) bond motifs is 2. The highest BCUT2D eigenvalue weighted by atomic mass is 16.5. The van der Waals surface area contributed by atoms with E-state index in [1.807, 2.05) is 12.1 Å². The van der Waals surface area contributed by atoms with Crippen LogP contribution in [0.2, 0.25) is 0 Å². The van der Waals surface area contributed by atoms with Gasteiger partial charge in [-0.05, 0) is 49.0 Å². The number of ether oxygens (including phenoxy) is 1. The number of methoxy groups -OCH3 is 1. The number of nitrogens with zero attached hydrogens (tertiary/aromatic N) is 2. The maximum Gasteiger partial charge on any atom is 0.252 e. The van der Waals surface area contributed by atoms with Crippen LogP contribution < -0.4 is 15.4 Å². The van der Waals surface area contributed by atoms with Crippen molar-refractivity contribution >= 4 is 11.7 Å². The molecule has 1 fully saturated rings. The van der Waals surface area contributed by atoms with Gasteiger partial charge in [0.15, 0.2) is 10.8 Å². The third kappa shape index (κ3) is 1.94. The van der Waals surface area contributed by atoms with Gasteiger partial charge in [-0.15, -0.1) is 0 Å². The molecule has 2 heterocycles. The molecular formula is C20H19N5O2. The molecule has 27 heavy (non-hydrogen) atoms. The van der Waals surface area contributed by atoms with Crippen LogP contribution in [0.3, 0.4) is 0 Å². The lowest BCUT2D eigenvalue weighted by molar-refractivity contribution is -0.126. The first-order valence-corrected chi connectivity index (χ1v) is 8.91. The fourth-order valence-electron chi connectivity index (χ4n) is 4.71. The summed E-state index contributed by atoms with van der Waals surface area (Å²) in [7, 11) is 1.57. The molecule has 3 atom stereocenters. The fraction of sp³-hybridized carbons (Fsp3) is 0.400. The standard InChI is InChI=1S/C20H19N5O2/c1-27-13-8-6-12(7-9-13)16-20(11-22)17(23)25-18(26)19(20,10-21)14-4-2-3-5-15(14)24-16/h6-9,16,24H,2-5H2,1H3,(H2,23,25,26). The van der Waals surface area contributed by atoms with Gasteiger partial charge in [-0.2, -0.15) is 10.5 Å². The molecule has 1 aromatic carbocycles. The minimum Gasteiger partial charge on any atom is -0.497 e. The van der Waals surface area contributed by atoms with Gasteiger partial charge in [0.2, 0.25) is 0 Å². The molecule has 0 bridgehead atoms. The summed E-state index contributed by atoms with van der Waals surface area (Å²) in [5.41, 5.74) is -1.05. The van der Waals surface area contributed by atoms with Gasteiger partial charge in [0.05, 0.1) is 25.3 Å². The number of carbonyl (C=O) groups is 1. The largest absolute Gasteiger partial charge is 0.497 e. The fourth-order valence-corrected chi connectivity index (χ4v) is 4.71. The topological polar surface area (TPSA) is 122 Å². The summed E-state index contributed by atoms with van der Waals surface area (Å²) in [6, 6.07) is 10.9. The molecule has 0 spiro atoms. The minimum atomic E-state index is -1.68. The molecule has 7 heteroatoms. The van der Waals surface area contributed by atoms with E-state index in [9.17, 15) is 15.3 Å². The van der Waals surface area contributed by atoms with Crippen LogP contribution in [0, 0.1) is 38.9 Å². The van der Waals surface area contributed by atoms with Crippen molar-refractivity contribution < 1.29 is 9.53 Å². The number of nitriles is 2. The van der Waals surface area contributed by atoms with E-state index < -0.39 is 22.8 Å². The van der Waals surface area contributed by atoms with Crippen LogP contribution in [0.5, 0.6) is 5.75 Å². The third-order valence-electron chi connectivity index (χ3n) is 6.03. The van der Waals surface area contributed by atoms with E-state index >= 15 is 0 Å². The minimum absolute atomic E-state index is 0.220. The Kier molecular flexibility index (Phi) is 3.71. The smallest absolute Gasteiger partial charge is 0.252 e. The predicted octanol–water partition coefficient (Wildman–Crippen LogP) is 2.29. The van der Waals surface area contributed by atoms with E-state index in [0.717, 1.165) is 30.5 Å². The average molecular weight is 361 g/mol. The van der Waals surface area contributed by atoms with Gasteiger partial charge in [0.1, 0.15) is 11.6 Å². The second-order valence-corrected chi connectivity index (χ2v) is 7.13. The number of benzene rings is 1. The molecule has 3 unspecified atom stereocenters. The van der Waals surface area contributed by atoms with Crippen LogP contribution in [0.15, 0.2) is 35.5 Å². The zero-order chi connectivity index (χ0) is 19.2. The monoisotopic (exact) mass is 361 g/mol. The zero-order valence-corrected chi connectivity index (χ0v) is 14.9. The summed E-state index contributed by atoms with van der Waals surface area (Å²) >= 11 is 0. The first-order valence-electron chi connectivity index (χ1n) is 8.91. The zero-order valence-electron chi connectivity index (χ0n) is 14.9.